The summed E-state index contributed by atoms with van der Waals surface area (Å²) in [6.07, 6.45) is 5.04. The molecule has 0 bridgehead atoms. The number of nitrogens with zero attached hydrogens (tertiary/aromatic N) is 1. The molecule has 25 heavy (non-hydrogen) atoms. The first kappa shape index (κ1) is 17.2. The Morgan fingerprint density at radius 3 is 2.56 bits per heavy atom. The van der Waals surface area contributed by atoms with Crippen molar-refractivity contribution in [2.75, 3.05) is 11.9 Å². The smallest absolute Gasteiger partial charge is 0.319 e. The maximum Gasteiger partial charge on any atom is 0.319 e. The van der Waals surface area contributed by atoms with Crippen LogP contribution in [0, 0.1) is 0 Å². The number of pyridine rings is 1. The lowest BCUT2D eigenvalue weighted by Crippen LogP contribution is -2.43. The van der Waals surface area contributed by atoms with E-state index in [2.05, 4.69) is 10.6 Å². The van der Waals surface area contributed by atoms with Crippen molar-refractivity contribution in [2.24, 2.45) is 0 Å². The second-order valence-corrected chi connectivity index (χ2v) is 6.58. The van der Waals surface area contributed by atoms with E-state index in [-0.39, 0.29) is 17.8 Å². The van der Waals surface area contributed by atoms with Gasteiger partial charge in [-0.3, -0.25) is 4.79 Å². The van der Waals surface area contributed by atoms with E-state index in [1.165, 1.54) is 0 Å². The van der Waals surface area contributed by atoms with Crippen molar-refractivity contribution in [3.8, 4) is 0 Å². The molecule has 1 aliphatic carbocycles. The highest BCUT2D eigenvalue weighted by Crippen LogP contribution is 2.28. The largest absolute Gasteiger partial charge is 0.388 e. The molecule has 132 valence electrons. The predicted molar refractivity (Wildman–Crippen MR) is 96.7 cm³/mol. The average Bonchev–Trinajstić information content (AvgIpc) is 3.05. The van der Waals surface area contributed by atoms with Gasteiger partial charge in [0.1, 0.15) is 5.69 Å². The minimum atomic E-state index is -0.818. The number of hydrogen-bond acceptors (Lipinski definition) is 3. The number of carbonyl (C=O) groups excluding carboxylic acids is 1. The Labute approximate surface area is 146 Å². The molecule has 6 heteroatoms. The summed E-state index contributed by atoms with van der Waals surface area (Å²) in [5, 5.41) is 15.5. The van der Waals surface area contributed by atoms with Gasteiger partial charge in [0.05, 0.1) is 12.1 Å². The molecular weight excluding hydrogens is 318 g/mol. The fraction of sp³-hybridized carbons (Fsp3) is 0.368. The lowest BCUT2D eigenvalue weighted by atomic mass is 10.0. The van der Waals surface area contributed by atoms with Crippen LogP contribution in [-0.4, -0.2) is 27.9 Å². The molecule has 0 spiro atoms. The molecule has 1 aromatic carbocycles. The fourth-order valence-corrected chi connectivity index (χ4v) is 3.16. The minimum Gasteiger partial charge on any atom is -0.388 e. The monoisotopic (exact) mass is 341 g/mol. The molecule has 1 aromatic heterocycles. The van der Waals surface area contributed by atoms with E-state index in [4.69, 9.17) is 0 Å². The number of amides is 2. The minimum absolute atomic E-state index is 0.198. The molecular formula is C19H23N3O3. The van der Waals surface area contributed by atoms with E-state index >= 15 is 0 Å². The average molecular weight is 341 g/mol. The number of rotatable bonds is 5. The van der Waals surface area contributed by atoms with Crippen LogP contribution in [0.25, 0.3) is 0 Å². The lowest BCUT2D eigenvalue weighted by Gasteiger charge is -2.22. The molecule has 3 N–H and O–H groups in total. The summed E-state index contributed by atoms with van der Waals surface area (Å²) >= 11 is 0. The Hall–Kier alpha value is -2.60. The SMILES string of the molecule is O=C(NCC1(O)CCCC1)Nc1cccn(Cc2ccccc2)c1=O. The molecule has 1 heterocycles. The Morgan fingerprint density at radius 1 is 1.12 bits per heavy atom. The summed E-state index contributed by atoms with van der Waals surface area (Å²) < 4.78 is 1.55. The lowest BCUT2D eigenvalue weighted by molar-refractivity contribution is 0.0506. The van der Waals surface area contributed by atoms with Crippen molar-refractivity contribution in [2.45, 2.75) is 37.8 Å². The highest BCUT2D eigenvalue weighted by atomic mass is 16.3. The van der Waals surface area contributed by atoms with Gasteiger partial charge in [-0.15, -0.1) is 0 Å². The van der Waals surface area contributed by atoms with Crippen LogP contribution < -0.4 is 16.2 Å². The quantitative estimate of drug-likeness (QED) is 0.780. The van der Waals surface area contributed by atoms with Gasteiger partial charge in [-0.25, -0.2) is 4.79 Å². The highest BCUT2D eigenvalue weighted by molar-refractivity contribution is 5.89. The van der Waals surface area contributed by atoms with Gasteiger partial charge < -0.3 is 20.3 Å². The standard InChI is InChI=1S/C19H23N3O3/c23-17-16(21-18(24)20-14-19(25)10-4-5-11-19)9-6-12-22(17)13-15-7-2-1-3-8-15/h1-3,6-9,12,25H,4-5,10-11,13-14H2,(H2,20,21,24). The Balaban J connectivity index is 1.63. The number of carbonyl (C=O) groups is 1. The topological polar surface area (TPSA) is 83.4 Å². The Kier molecular flexibility index (Phi) is 5.19. The van der Waals surface area contributed by atoms with Crippen molar-refractivity contribution in [3.63, 3.8) is 0 Å². The van der Waals surface area contributed by atoms with Crippen LogP contribution in [0.2, 0.25) is 0 Å². The molecule has 0 atom stereocenters. The van der Waals surface area contributed by atoms with Crippen LogP contribution >= 0.6 is 0 Å². The van der Waals surface area contributed by atoms with Gasteiger partial charge in [-0.1, -0.05) is 43.2 Å². The molecule has 0 radical (unpaired) electrons. The second kappa shape index (κ2) is 7.53. The van der Waals surface area contributed by atoms with Gasteiger partial charge in [-0.05, 0) is 30.5 Å². The maximum atomic E-state index is 12.5. The van der Waals surface area contributed by atoms with E-state index in [0.29, 0.717) is 19.4 Å². The Morgan fingerprint density at radius 2 is 1.84 bits per heavy atom. The van der Waals surface area contributed by atoms with E-state index in [1.54, 1.807) is 22.9 Å². The zero-order chi connectivity index (χ0) is 17.7. The van der Waals surface area contributed by atoms with Crippen LogP contribution in [-0.2, 0) is 6.54 Å². The van der Waals surface area contributed by atoms with Gasteiger partial charge in [-0.2, -0.15) is 0 Å². The molecule has 0 saturated heterocycles. The van der Waals surface area contributed by atoms with Crippen molar-refractivity contribution in [1.29, 1.82) is 0 Å². The summed E-state index contributed by atoms with van der Waals surface area (Å²) in [5.74, 6) is 0. The number of nitrogens with one attached hydrogen (secondary N) is 2. The summed E-state index contributed by atoms with van der Waals surface area (Å²) in [4.78, 5) is 24.6. The van der Waals surface area contributed by atoms with E-state index in [1.807, 2.05) is 30.3 Å². The number of urea groups is 1. The van der Waals surface area contributed by atoms with E-state index in [9.17, 15) is 14.7 Å². The molecule has 0 aliphatic heterocycles. The van der Waals surface area contributed by atoms with Gasteiger partial charge in [0.15, 0.2) is 0 Å². The van der Waals surface area contributed by atoms with Crippen LogP contribution in [0.15, 0.2) is 53.5 Å². The molecule has 3 rings (SSSR count). The molecule has 2 amide bonds. The van der Waals surface area contributed by atoms with Crippen LogP contribution in [0.4, 0.5) is 10.5 Å². The van der Waals surface area contributed by atoms with Crippen molar-refractivity contribution in [3.05, 3.63) is 64.6 Å². The predicted octanol–water partition coefficient (Wildman–Crippen LogP) is 2.32. The van der Waals surface area contributed by atoms with Crippen LogP contribution in [0.5, 0.6) is 0 Å². The third-order valence-electron chi connectivity index (χ3n) is 4.58. The van der Waals surface area contributed by atoms with Crippen LogP contribution in [0.3, 0.4) is 0 Å². The molecule has 1 fully saturated rings. The number of benzene rings is 1. The third kappa shape index (κ3) is 4.48. The molecule has 1 saturated carbocycles. The first-order valence-electron chi connectivity index (χ1n) is 8.56. The number of anilines is 1. The Bertz CT molecular complexity index is 780. The normalized spacial score (nSPS) is 15.7. The zero-order valence-corrected chi connectivity index (χ0v) is 14.1. The summed E-state index contributed by atoms with van der Waals surface area (Å²) in [5.41, 5.74) is 0.145. The maximum absolute atomic E-state index is 12.5. The number of hydrogen-bond donors (Lipinski definition) is 3. The van der Waals surface area contributed by atoms with Gasteiger partial charge in [0.2, 0.25) is 0 Å². The third-order valence-corrected chi connectivity index (χ3v) is 4.58. The second-order valence-electron chi connectivity index (χ2n) is 6.58. The van der Waals surface area contributed by atoms with E-state index in [0.717, 1.165) is 18.4 Å². The van der Waals surface area contributed by atoms with E-state index < -0.39 is 11.6 Å². The molecule has 0 unspecified atom stereocenters. The van der Waals surface area contributed by atoms with Crippen molar-refractivity contribution < 1.29 is 9.90 Å². The highest BCUT2D eigenvalue weighted by Gasteiger charge is 2.31. The van der Waals surface area contributed by atoms with Crippen molar-refractivity contribution >= 4 is 11.7 Å². The van der Waals surface area contributed by atoms with Gasteiger partial charge >= 0.3 is 6.03 Å². The zero-order valence-electron chi connectivity index (χ0n) is 14.1. The molecule has 1 aliphatic rings. The molecule has 2 aromatic rings. The summed E-state index contributed by atoms with van der Waals surface area (Å²) in [7, 11) is 0. The first-order chi connectivity index (χ1) is 12.1. The summed E-state index contributed by atoms with van der Waals surface area (Å²) in [6, 6.07) is 12.5. The number of aromatic nitrogens is 1. The molecule has 6 nitrogen and oxygen atoms in total. The summed E-state index contributed by atoms with van der Waals surface area (Å²) in [6.45, 7) is 0.639. The van der Waals surface area contributed by atoms with Gasteiger partial charge in [0, 0.05) is 12.7 Å². The first-order valence-corrected chi connectivity index (χ1v) is 8.56. The fourth-order valence-electron chi connectivity index (χ4n) is 3.16. The van der Waals surface area contributed by atoms with Crippen molar-refractivity contribution in [1.82, 2.24) is 9.88 Å². The van der Waals surface area contributed by atoms with Crippen LogP contribution in [0.1, 0.15) is 31.2 Å². The number of aliphatic hydroxyl groups is 1. The van der Waals surface area contributed by atoms with Gasteiger partial charge in [0.25, 0.3) is 5.56 Å².